The highest BCUT2D eigenvalue weighted by Gasteiger charge is 2.00. The molecule has 0 bridgehead atoms. The molecule has 0 aliphatic rings. The van der Waals surface area contributed by atoms with Crippen molar-refractivity contribution in [3.05, 3.63) is 52.9 Å². The minimum atomic E-state index is 0.676. The maximum atomic E-state index is 5.96. The van der Waals surface area contributed by atoms with E-state index >= 15 is 0 Å². The molecule has 82 valence electrons. The Morgan fingerprint density at radius 1 is 1.25 bits per heavy atom. The summed E-state index contributed by atoms with van der Waals surface area (Å²) in [6, 6.07) is 9.89. The molecule has 3 heteroatoms. The molecule has 0 spiro atoms. The monoisotopic (exact) mass is 214 g/mol. The van der Waals surface area contributed by atoms with Crippen LogP contribution in [0.25, 0.3) is 11.8 Å². The highest BCUT2D eigenvalue weighted by atomic mass is 16.5. The second-order valence-electron chi connectivity index (χ2n) is 3.84. The zero-order chi connectivity index (χ0) is 11.5. The van der Waals surface area contributed by atoms with Crippen LogP contribution in [0.3, 0.4) is 0 Å². The summed E-state index contributed by atoms with van der Waals surface area (Å²) in [5.41, 5.74) is 9.69. The molecule has 1 aromatic heterocycles. The van der Waals surface area contributed by atoms with Crippen molar-refractivity contribution in [3.8, 4) is 0 Å². The molecule has 0 radical (unpaired) electrons. The first-order chi connectivity index (χ1) is 7.65. The van der Waals surface area contributed by atoms with E-state index < -0.39 is 0 Å². The molecule has 16 heavy (non-hydrogen) atoms. The Kier molecular flexibility index (Phi) is 2.77. The predicted molar refractivity (Wildman–Crippen MR) is 64.5 cm³/mol. The molecule has 2 rings (SSSR count). The summed E-state index contributed by atoms with van der Waals surface area (Å²) in [5.74, 6) is 0.676. The number of aryl methyl sites for hydroxylation is 2. The molecule has 2 N–H and O–H groups in total. The highest BCUT2D eigenvalue weighted by molar-refractivity contribution is 5.77. The number of nitrogens with two attached hydrogens (primary N) is 1. The molecule has 1 heterocycles. The molecule has 0 amide bonds. The maximum Gasteiger partial charge on any atom is 0.161 e. The van der Waals surface area contributed by atoms with Crippen LogP contribution in [0.2, 0.25) is 0 Å². The summed E-state index contributed by atoms with van der Waals surface area (Å²) in [7, 11) is 0. The Hall–Kier alpha value is -2.03. The van der Waals surface area contributed by atoms with Gasteiger partial charge in [0.2, 0.25) is 0 Å². The van der Waals surface area contributed by atoms with E-state index in [1.54, 1.807) is 6.08 Å². The third-order valence-corrected chi connectivity index (χ3v) is 2.33. The molecule has 1 aromatic carbocycles. The molecule has 3 nitrogen and oxygen atoms in total. The second-order valence-corrected chi connectivity index (χ2v) is 3.84. The van der Waals surface area contributed by atoms with E-state index in [1.165, 1.54) is 5.56 Å². The lowest BCUT2D eigenvalue weighted by Gasteiger charge is -2.00. The molecule has 0 fully saturated rings. The molecular weight excluding hydrogens is 200 g/mol. The van der Waals surface area contributed by atoms with Gasteiger partial charge in [-0.05, 0) is 19.4 Å². The Balaban J connectivity index is 2.27. The van der Waals surface area contributed by atoms with E-state index in [2.05, 4.69) is 5.16 Å². The van der Waals surface area contributed by atoms with Gasteiger partial charge in [-0.3, -0.25) is 0 Å². The van der Waals surface area contributed by atoms with Gasteiger partial charge >= 0.3 is 0 Å². The maximum absolute atomic E-state index is 5.96. The van der Waals surface area contributed by atoms with Crippen molar-refractivity contribution >= 4 is 11.8 Å². The van der Waals surface area contributed by atoms with Gasteiger partial charge in [0.25, 0.3) is 0 Å². The van der Waals surface area contributed by atoms with Gasteiger partial charge in [-0.25, -0.2) is 0 Å². The zero-order valence-corrected chi connectivity index (χ0v) is 9.40. The first kappa shape index (κ1) is 10.5. The largest absolute Gasteiger partial charge is 0.398 e. The summed E-state index contributed by atoms with van der Waals surface area (Å²) in [6.45, 7) is 3.92. The predicted octanol–water partition coefficient (Wildman–Crippen LogP) is 2.75. The normalized spacial score (nSPS) is 11.8. The van der Waals surface area contributed by atoms with Crippen LogP contribution in [0, 0.1) is 13.8 Å². The molecule has 0 saturated heterocycles. The Bertz CT molecular complexity index is 509. The molecule has 0 aliphatic heterocycles. The van der Waals surface area contributed by atoms with E-state index in [1.807, 2.05) is 44.2 Å². The fourth-order valence-electron chi connectivity index (χ4n) is 1.43. The summed E-state index contributed by atoms with van der Waals surface area (Å²) >= 11 is 0. The lowest BCUT2D eigenvalue weighted by atomic mass is 10.1. The van der Waals surface area contributed by atoms with Crippen LogP contribution in [0.4, 0.5) is 0 Å². The van der Waals surface area contributed by atoms with Gasteiger partial charge in [0.15, 0.2) is 5.76 Å². The number of benzene rings is 1. The fourth-order valence-corrected chi connectivity index (χ4v) is 1.43. The van der Waals surface area contributed by atoms with Gasteiger partial charge in [-0.15, -0.1) is 0 Å². The van der Waals surface area contributed by atoms with Gasteiger partial charge in [0.05, 0.1) is 5.69 Å². The SMILES string of the molecule is Cc1ccc(/C(N)=C\c2cc(C)no2)cc1. The van der Waals surface area contributed by atoms with Crippen LogP contribution in [-0.4, -0.2) is 5.16 Å². The van der Waals surface area contributed by atoms with Gasteiger partial charge in [0, 0.05) is 17.8 Å². The molecule has 0 atom stereocenters. The molecular formula is C13H14N2O. The smallest absolute Gasteiger partial charge is 0.161 e. The average molecular weight is 214 g/mol. The second kappa shape index (κ2) is 4.23. The number of hydrogen-bond donors (Lipinski definition) is 1. The van der Waals surface area contributed by atoms with Crippen molar-refractivity contribution < 1.29 is 4.52 Å². The van der Waals surface area contributed by atoms with E-state index in [0.29, 0.717) is 11.5 Å². The van der Waals surface area contributed by atoms with Crippen LogP contribution >= 0.6 is 0 Å². The van der Waals surface area contributed by atoms with E-state index in [0.717, 1.165) is 11.3 Å². The minimum Gasteiger partial charge on any atom is -0.398 e. The summed E-state index contributed by atoms with van der Waals surface area (Å²) < 4.78 is 5.07. The van der Waals surface area contributed by atoms with Crippen LogP contribution in [0.15, 0.2) is 34.9 Å². The lowest BCUT2D eigenvalue weighted by Crippen LogP contribution is -1.95. The first-order valence-corrected chi connectivity index (χ1v) is 5.13. The molecule has 2 aromatic rings. The number of aromatic nitrogens is 1. The summed E-state index contributed by atoms with van der Waals surface area (Å²) in [6.07, 6.45) is 1.78. The first-order valence-electron chi connectivity index (χ1n) is 5.13. The minimum absolute atomic E-state index is 0.676. The molecule has 0 saturated carbocycles. The zero-order valence-electron chi connectivity index (χ0n) is 9.40. The van der Waals surface area contributed by atoms with Crippen LogP contribution in [0.1, 0.15) is 22.6 Å². The third-order valence-electron chi connectivity index (χ3n) is 2.33. The molecule has 0 unspecified atom stereocenters. The van der Waals surface area contributed by atoms with Gasteiger partial charge in [0.1, 0.15) is 0 Å². The third kappa shape index (κ3) is 2.31. The number of nitrogens with zero attached hydrogens (tertiary/aromatic N) is 1. The van der Waals surface area contributed by atoms with Gasteiger partial charge in [-0.1, -0.05) is 35.0 Å². The van der Waals surface area contributed by atoms with E-state index in [-0.39, 0.29) is 0 Å². The Morgan fingerprint density at radius 3 is 2.50 bits per heavy atom. The van der Waals surface area contributed by atoms with E-state index in [9.17, 15) is 0 Å². The van der Waals surface area contributed by atoms with Crippen molar-refractivity contribution in [1.29, 1.82) is 0 Å². The van der Waals surface area contributed by atoms with Gasteiger partial charge in [-0.2, -0.15) is 0 Å². The summed E-state index contributed by atoms with van der Waals surface area (Å²) in [5, 5.41) is 3.80. The standard InChI is InChI=1S/C13H14N2O/c1-9-3-5-11(6-4-9)13(14)8-12-7-10(2)15-16-12/h3-8H,14H2,1-2H3/b13-8+. The Labute approximate surface area is 94.6 Å². The van der Waals surface area contributed by atoms with Crippen molar-refractivity contribution in [3.63, 3.8) is 0 Å². The van der Waals surface area contributed by atoms with Crippen LogP contribution < -0.4 is 5.73 Å². The molecule has 0 aliphatic carbocycles. The number of rotatable bonds is 2. The van der Waals surface area contributed by atoms with Crippen molar-refractivity contribution in [2.75, 3.05) is 0 Å². The highest BCUT2D eigenvalue weighted by Crippen LogP contribution is 2.14. The Morgan fingerprint density at radius 2 is 1.94 bits per heavy atom. The van der Waals surface area contributed by atoms with Crippen molar-refractivity contribution in [1.82, 2.24) is 5.16 Å². The van der Waals surface area contributed by atoms with Crippen molar-refractivity contribution in [2.24, 2.45) is 5.73 Å². The van der Waals surface area contributed by atoms with Gasteiger partial charge < -0.3 is 10.3 Å². The summed E-state index contributed by atoms with van der Waals surface area (Å²) in [4.78, 5) is 0. The van der Waals surface area contributed by atoms with E-state index in [4.69, 9.17) is 10.3 Å². The topological polar surface area (TPSA) is 52.0 Å². The lowest BCUT2D eigenvalue weighted by molar-refractivity contribution is 0.408. The fraction of sp³-hybridized carbons (Fsp3) is 0.154. The van der Waals surface area contributed by atoms with Crippen LogP contribution in [0.5, 0.6) is 0 Å². The van der Waals surface area contributed by atoms with Crippen molar-refractivity contribution in [2.45, 2.75) is 13.8 Å². The van der Waals surface area contributed by atoms with Crippen LogP contribution in [-0.2, 0) is 0 Å². The number of hydrogen-bond acceptors (Lipinski definition) is 3. The quantitative estimate of drug-likeness (QED) is 0.836. The average Bonchev–Trinajstić information content (AvgIpc) is 2.65.